The summed E-state index contributed by atoms with van der Waals surface area (Å²) < 4.78 is 1.50. The van der Waals surface area contributed by atoms with Crippen LogP contribution in [0, 0.1) is 5.41 Å². The van der Waals surface area contributed by atoms with Gasteiger partial charge in [-0.25, -0.2) is 4.79 Å². The summed E-state index contributed by atoms with van der Waals surface area (Å²) in [6.07, 6.45) is 1.91. The summed E-state index contributed by atoms with van der Waals surface area (Å²) in [7, 11) is 1.68. The van der Waals surface area contributed by atoms with E-state index < -0.39 is 0 Å². The number of hydrogen-bond acceptors (Lipinski definition) is 3. The average molecular weight is 275 g/mol. The van der Waals surface area contributed by atoms with Gasteiger partial charge in [-0.3, -0.25) is 9.36 Å². The van der Waals surface area contributed by atoms with Gasteiger partial charge in [-0.2, -0.15) is 0 Å². The van der Waals surface area contributed by atoms with Crippen LogP contribution >= 0.6 is 0 Å². The van der Waals surface area contributed by atoms with E-state index in [1.54, 1.807) is 25.2 Å². The van der Waals surface area contributed by atoms with Crippen molar-refractivity contribution in [3.8, 4) is 0 Å². The first kappa shape index (κ1) is 12.9. The molecule has 3 N–H and O–H groups in total. The lowest BCUT2D eigenvalue weighted by molar-refractivity contribution is 0.0935. The first-order valence-corrected chi connectivity index (χ1v) is 6.62. The van der Waals surface area contributed by atoms with Gasteiger partial charge >= 0.3 is 5.69 Å². The minimum atomic E-state index is -0.199. The number of nitrogens with zero attached hydrogens (tertiary/aromatic N) is 1. The van der Waals surface area contributed by atoms with Crippen LogP contribution in [-0.2, 0) is 7.05 Å². The predicted octanol–water partition coefficient (Wildman–Crippen LogP) is 0.369. The van der Waals surface area contributed by atoms with Crippen molar-refractivity contribution >= 4 is 16.9 Å². The number of H-pyrrole nitrogens is 1. The number of carbonyl (C=O) groups excluding carboxylic acids is 1. The Morgan fingerprint density at radius 3 is 2.90 bits per heavy atom. The molecule has 0 unspecified atom stereocenters. The van der Waals surface area contributed by atoms with Crippen LogP contribution < -0.4 is 11.0 Å². The molecule has 1 aromatic carbocycles. The van der Waals surface area contributed by atoms with Crippen LogP contribution in [0.5, 0.6) is 0 Å². The maximum Gasteiger partial charge on any atom is 0.326 e. The third kappa shape index (κ3) is 2.12. The SMILES string of the molecule is Cn1c(=O)[nH]c2cc(C(=O)NCC3(CO)CC3)ccc21. The molecule has 3 rings (SSSR count). The summed E-state index contributed by atoms with van der Waals surface area (Å²) in [6.45, 7) is 0.601. The number of imidazole rings is 1. The number of aliphatic hydroxyl groups is 1. The molecule has 1 aliphatic carbocycles. The van der Waals surface area contributed by atoms with Crippen molar-refractivity contribution in [3.05, 3.63) is 34.2 Å². The largest absolute Gasteiger partial charge is 0.396 e. The molecule has 106 valence electrons. The quantitative estimate of drug-likeness (QED) is 0.753. The van der Waals surface area contributed by atoms with Crippen LogP contribution in [0.2, 0.25) is 0 Å². The molecule has 6 heteroatoms. The van der Waals surface area contributed by atoms with E-state index in [9.17, 15) is 14.7 Å². The van der Waals surface area contributed by atoms with E-state index in [0.717, 1.165) is 18.4 Å². The second-order valence-corrected chi connectivity index (χ2v) is 5.56. The molecule has 0 aliphatic heterocycles. The minimum Gasteiger partial charge on any atom is -0.396 e. The van der Waals surface area contributed by atoms with Crippen LogP contribution in [0.15, 0.2) is 23.0 Å². The van der Waals surface area contributed by atoms with Gasteiger partial charge in [0.2, 0.25) is 0 Å². The monoisotopic (exact) mass is 275 g/mol. The van der Waals surface area contributed by atoms with Crippen molar-refractivity contribution in [3.63, 3.8) is 0 Å². The Bertz CT molecular complexity index is 725. The summed E-state index contributed by atoms with van der Waals surface area (Å²) in [5, 5.41) is 12.1. The van der Waals surface area contributed by atoms with Crippen LogP contribution in [-0.4, -0.2) is 33.7 Å². The van der Waals surface area contributed by atoms with Crippen LogP contribution in [0.3, 0.4) is 0 Å². The molecule has 0 spiro atoms. The van der Waals surface area contributed by atoms with Gasteiger partial charge in [-0.15, -0.1) is 0 Å². The van der Waals surface area contributed by atoms with Crippen molar-refractivity contribution in [1.29, 1.82) is 0 Å². The zero-order valence-corrected chi connectivity index (χ0v) is 11.3. The highest BCUT2D eigenvalue weighted by molar-refractivity contribution is 5.97. The van der Waals surface area contributed by atoms with Crippen molar-refractivity contribution < 1.29 is 9.90 Å². The molecule has 0 saturated heterocycles. The summed E-state index contributed by atoms with van der Waals surface area (Å²) in [5.74, 6) is -0.184. The number of carbonyl (C=O) groups is 1. The van der Waals surface area contributed by atoms with E-state index in [4.69, 9.17) is 0 Å². The van der Waals surface area contributed by atoms with Crippen molar-refractivity contribution in [1.82, 2.24) is 14.9 Å². The highest BCUT2D eigenvalue weighted by atomic mass is 16.3. The Morgan fingerprint density at radius 1 is 1.50 bits per heavy atom. The Hall–Kier alpha value is -2.08. The smallest absolute Gasteiger partial charge is 0.326 e. The Morgan fingerprint density at radius 2 is 2.25 bits per heavy atom. The number of amides is 1. The van der Waals surface area contributed by atoms with Gasteiger partial charge in [0.25, 0.3) is 5.91 Å². The molecule has 1 fully saturated rings. The highest BCUT2D eigenvalue weighted by Crippen LogP contribution is 2.44. The number of benzene rings is 1. The molecule has 0 radical (unpaired) electrons. The van der Waals surface area contributed by atoms with E-state index in [1.807, 2.05) is 0 Å². The number of rotatable bonds is 4. The normalized spacial score (nSPS) is 16.3. The van der Waals surface area contributed by atoms with Gasteiger partial charge in [0.15, 0.2) is 0 Å². The third-order valence-corrected chi connectivity index (χ3v) is 4.08. The minimum absolute atomic E-state index is 0.109. The zero-order chi connectivity index (χ0) is 14.3. The molecule has 20 heavy (non-hydrogen) atoms. The Kier molecular flexibility index (Phi) is 2.90. The third-order valence-electron chi connectivity index (χ3n) is 4.08. The molecule has 1 aromatic heterocycles. The van der Waals surface area contributed by atoms with E-state index in [-0.39, 0.29) is 23.6 Å². The second-order valence-electron chi connectivity index (χ2n) is 5.56. The molecule has 0 bridgehead atoms. The van der Waals surface area contributed by atoms with Crippen LogP contribution in [0.25, 0.3) is 11.0 Å². The fraction of sp³-hybridized carbons (Fsp3) is 0.429. The molecule has 6 nitrogen and oxygen atoms in total. The van der Waals surface area contributed by atoms with Crippen molar-refractivity contribution in [2.45, 2.75) is 12.8 Å². The second kappa shape index (κ2) is 4.49. The summed E-state index contributed by atoms with van der Waals surface area (Å²) in [5.41, 5.74) is 1.61. The lowest BCUT2D eigenvalue weighted by Crippen LogP contribution is -2.31. The zero-order valence-electron chi connectivity index (χ0n) is 11.3. The topological polar surface area (TPSA) is 87.1 Å². The first-order valence-electron chi connectivity index (χ1n) is 6.62. The lowest BCUT2D eigenvalue weighted by Gasteiger charge is -2.12. The Labute approximate surface area is 115 Å². The molecule has 1 amide bonds. The molecule has 1 heterocycles. The fourth-order valence-electron chi connectivity index (χ4n) is 2.32. The van der Waals surface area contributed by atoms with Gasteiger partial charge in [-0.1, -0.05) is 0 Å². The lowest BCUT2D eigenvalue weighted by atomic mass is 10.1. The molecule has 1 aliphatic rings. The molecule has 0 atom stereocenters. The molecular weight excluding hydrogens is 258 g/mol. The maximum atomic E-state index is 12.1. The van der Waals surface area contributed by atoms with Gasteiger partial charge < -0.3 is 15.4 Å². The maximum absolute atomic E-state index is 12.1. The first-order chi connectivity index (χ1) is 9.54. The van der Waals surface area contributed by atoms with E-state index >= 15 is 0 Å². The van der Waals surface area contributed by atoms with Gasteiger partial charge in [0.1, 0.15) is 0 Å². The van der Waals surface area contributed by atoms with Gasteiger partial charge in [-0.05, 0) is 31.0 Å². The predicted molar refractivity (Wildman–Crippen MR) is 74.6 cm³/mol. The summed E-state index contributed by atoms with van der Waals surface area (Å²) >= 11 is 0. The van der Waals surface area contributed by atoms with E-state index in [2.05, 4.69) is 10.3 Å². The highest BCUT2D eigenvalue weighted by Gasteiger charge is 2.42. The number of nitrogens with one attached hydrogen (secondary N) is 2. The summed E-state index contributed by atoms with van der Waals surface area (Å²) in [6, 6.07) is 5.12. The van der Waals surface area contributed by atoms with Crippen molar-refractivity contribution in [2.24, 2.45) is 12.5 Å². The molecule has 2 aromatic rings. The average Bonchev–Trinajstić information content (AvgIpc) is 3.19. The number of aliphatic hydroxyl groups excluding tert-OH is 1. The number of aromatic nitrogens is 2. The standard InChI is InChI=1S/C14H17N3O3/c1-17-11-3-2-9(6-10(11)16-13(17)20)12(19)15-7-14(8-18)4-5-14/h2-3,6,18H,4-5,7-8H2,1H3,(H,15,19)(H,16,20). The number of aromatic amines is 1. The molecular formula is C14H17N3O3. The van der Waals surface area contributed by atoms with Crippen LogP contribution in [0.4, 0.5) is 0 Å². The number of hydrogen-bond donors (Lipinski definition) is 3. The van der Waals surface area contributed by atoms with Gasteiger partial charge in [0.05, 0.1) is 17.6 Å². The van der Waals surface area contributed by atoms with E-state index in [1.165, 1.54) is 4.57 Å². The number of fused-ring (bicyclic) bond motifs is 1. The molecule has 1 saturated carbocycles. The van der Waals surface area contributed by atoms with Gasteiger partial charge in [0, 0.05) is 24.6 Å². The van der Waals surface area contributed by atoms with E-state index in [0.29, 0.717) is 17.6 Å². The van der Waals surface area contributed by atoms with Crippen LogP contribution in [0.1, 0.15) is 23.2 Å². The fourth-order valence-corrected chi connectivity index (χ4v) is 2.32. The number of aryl methyl sites for hydroxylation is 1. The Balaban J connectivity index is 1.79. The van der Waals surface area contributed by atoms with Crippen molar-refractivity contribution in [2.75, 3.05) is 13.2 Å². The summed E-state index contributed by atoms with van der Waals surface area (Å²) in [4.78, 5) is 26.3.